The zero-order valence-electron chi connectivity index (χ0n) is 18.7. The first kappa shape index (κ1) is 25.0. The van der Waals surface area contributed by atoms with Crippen LogP contribution in [0.15, 0.2) is 71.8 Å². The van der Waals surface area contributed by atoms with Crippen molar-refractivity contribution in [1.82, 2.24) is 5.43 Å². The average Bonchev–Trinajstić information content (AvgIpc) is 2.81. The summed E-state index contributed by atoms with van der Waals surface area (Å²) in [5.74, 6) is 0.924. The van der Waals surface area contributed by atoms with E-state index in [9.17, 15) is 4.79 Å². The van der Waals surface area contributed by atoms with Gasteiger partial charge < -0.3 is 19.5 Å². The smallest absolute Gasteiger partial charge is 0.343 e. The largest absolute Gasteiger partial charge is 0.494 e. The number of ether oxygens (including phenoxy) is 3. The zero-order valence-corrected chi connectivity index (χ0v) is 20.3. The van der Waals surface area contributed by atoms with Crippen LogP contribution in [0.1, 0.15) is 29.8 Å². The third-order valence-electron chi connectivity index (χ3n) is 4.33. The first-order valence-electron chi connectivity index (χ1n) is 10.6. The molecule has 3 rings (SSSR count). The van der Waals surface area contributed by atoms with Gasteiger partial charge in [-0.25, -0.2) is 4.79 Å². The van der Waals surface area contributed by atoms with Gasteiger partial charge in [-0.05, 0) is 92.3 Å². The summed E-state index contributed by atoms with van der Waals surface area (Å²) >= 11 is 11.2. The Morgan fingerprint density at radius 1 is 1.00 bits per heavy atom. The van der Waals surface area contributed by atoms with E-state index in [1.54, 1.807) is 60.8 Å². The number of rotatable bonds is 9. The molecule has 0 saturated heterocycles. The number of thiocarbonyl (C=S) groups is 1. The minimum atomic E-state index is -0.496. The van der Waals surface area contributed by atoms with Gasteiger partial charge in [0.05, 0.1) is 25.0 Å². The van der Waals surface area contributed by atoms with Crippen LogP contribution in [0.5, 0.6) is 17.2 Å². The van der Waals surface area contributed by atoms with Crippen LogP contribution in [-0.4, -0.2) is 30.5 Å². The molecule has 0 amide bonds. The Labute approximate surface area is 208 Å². The van der Waals surface area contributed by atoms with Gasteiger partial charge in [0.1, 0.15) is 5.75 Å². The van der Waals surface area contributed by atoms with Crippen LogP contribution in [0.25, 0.3) is 0 Å². The fraction of sp³-hybridized carbons (Fsp3) is 0.160. The van der Waals surface area contributed by atoms with Gasteiger partial charge in [0, 0.05) is 10.7 Å². The molecule has 9 heteroatoms. The van der Waals surface area contributed by atoms with Gasteiger partial charge in [-0.3, -0.25) is 5.43 Å². The molecule has 0 aliphatic carbocycles. The molecule has 0 fully saturated rings. The Kier molecular flexibility index (Phi) is 9.25. The minimum Gasteiger partial charge on any atom is -0.494 e. The van der Waals surface area contributed by atoms with Gasteiger partial charge in [-0.2, -0.15) is 5.10 Å². The molecule has 0 saturated carbocycles. The lowest BCUT2D eigenvalue weighted by Crippen LogP contribution is -2.23. The summed E-state index contributed by atoms with van der Waals surface area (Å²) in [7, 11) is 0. The molecule has 0 atom stereocenters. The van der Waals surface area contributed by atoms with Crippen LogP contribution in [0.4, 0.5) is 5.69 Å². The average molecular weight is 498 g/mol. The molecular formula is C25H24ClN3O4S. The highest BCUT2D eigenvalue weighted by atomic mass is 35.5. The molecule has 34 heavy (non-hydrogen) atoms. The number of nitrogens with zero attached hydrogens (tertiary/aromatic N) is 1. The molecular weight excluding hydrogens is 474 g/mol. The maximum absolute atomic E-state index is 12.6. The number of hydrogen-bond acceptors (Lipinski definition) is 6. The first-order valence-corrected chi connectivity index (χ1v) is 11.3. The first-order chi connectivity index (χ1) is 16.5. The highest BCUT2D eigenvalue weighted by Crippen LogP contribution is 2.29. The van der Waals surface area contributed by atoms with E-state index in [4.69, 9.17) is 38.0 Å². The Morgan fingerprint density at radius 2 is 1.76 bits per heavy atom. The maximum atomic E-state index is 12.6. The number of esters is 1. The summed E-state index contributed by atoms with van der Waals surface area (Å²) < 4.78 is 16.6. The summed E-state index contributed by atoms with van der Waals surface area (Å²) in [5.41, 5.74) is 4.62. The number of benzene rings is 3. The summed E-state index contributed by atoms with van der Waals surface area (Å²) in [4.78, 5) is 12.6. The van der Waals surface area contributed by atoms with E-state index in [1.165, 1.54) is 0 Å². The van der Waals surface area contributed by atoms with Crippen LogP contribution in [0, 0.1) is 0 Å². The molecule has 0 bridgehead atoms. The van der Waals surface area contributed by atoms with Crippen LogP contribution in [-0.2, 0) is 0 Å². The Bertz CT molecular complexity index is 1170. The van der Waals surface area contributed by atoms with E-state index in [2.05, 4.69) is 15.8 Å². The Balaban J connectivity index is 1.63. The Morgan fingerprint density at radius 3 is 2.47 bits per heavy atom. The van der Waals surface area contributed by atoms with Gasteiger partial charge in [-0.1, -0.05) is 17.7 Å². The predicted octanol–water partition coefficient (Wildman–Crippen LogP) is 5.68. The van der Waals surface area contributed by atoms with E-state index in [-0.39, 0.29) is 0 Å². The molecule has 176 valence electrons. The van der Waals surface area contributed by atoms with Crippen LogP contribution >= 0.6 is 23.8 Å². The summed E-state index contributed by atoms with van der Waals surface area (Å²) in [5, 5.41) is 8.04. The van der Waals surface area contributed by atoms with E-state index >= 15 is 0 Å². The van der Waals surface area contributed by atoms with Crippen molar-refractivity contribution >= 4 is 46.8 Å². The fourth-order valence-corrected chi connectivity index (χ4v) is 3.22. The van der Waals surface area contributed by atoms with Crippen molar-refractivity contribution in [3.8, 4) is 17.2 Å². The van der Waals surface area contributed by atoms with Gasteiger partial charge in [0.25, 0.3) is 0 Å². The monoisotopic (exact) mass is 497 g/mol. The van der Waals surface area contributed by atoms with E-state index in [0.717, 1.165) is 11.3 Å². The highest BCUT2D eigenvalue weighted by Gasteiger charge is 2.13. The van der Waals surface area contributed by atoms with E-state index in [0.29, 0.717) is 46.2 Å². The normalized spacial score (nSPS) is 10.6. The van der Waals surface area contributed by atoms with Gasteiger partial charge >= 0.3 is 5.97 Å². The van der Waals surface area contributed by atoms with Crippen molar-refractivity contribution in [3.05, 3.63) is 82.9 Å². The standard InChI is InChI=1S/C25H24ClN3O4S/c1-3-31-21-11-9-18(10-12-21)24(30)33-22-13-8-17(14-23(22)32-4-2)16-27-29-25(34)28-20-7-5-6-19(26)15-20/h5-16H,3-4H2,1-2H3,(H2,28,29,34)/b27-16-. The number of hydrazone groups is 1. The van der Waals surface area contributed by atoms with Crippen molar-refractivity contribution in [1.29, 1.82) is 0 Å². The third kappa shape index (κ3) is 7.47. The van der Waals surface area contributed by atoms with Crippen LogP contribution in [0.3, 0.4) is 0 Å². The van der Waals surface area contributed by atoms with Crippen molar-refractivity contribution in [3.63, 3.8) is 0 Å². The molecule has 0 unspecified atom stereocenters. The number of carbonyl (C=O) groups is 1. The van der Waals surface area contributed by atoms with Crippen LogP contribution in [0.2, 0.25) is 5.02 Å². The lowest BCUT2D eigenvalue weighted by molar-refractivity contribution is 0.0728. The molecule has 0 radical (unpaired) electrons. The molecule has 0 aromatic heterocycles. The second-order valence-corrected chi connectivity index (χ2v) is 7.67. The second-order valence-electron chi connectivity index (χ2n) is 6.82. The molecule has 0 spiro atoms. The molecule has 0 aliphatic heterocycles. The van der Waals surface area contributed by atoms with Crippen molar-refractivity contribution in [2.45, 2.75) is 13.8 Å². The number of hydrogen-bond donors (Lipinski definition) is 2. The van der Waals surface area contributed by atoms with Crippen molar-refractivity contribution < 1.29 is 19.0 Å². The van der Waals surface area contributed by atoms with Crippen molar-refractivity contribution in [2.24, 2.45) is 5.10 Å². The third-order valence-corrected chi connectivity index (χ3v) is 4.76. The SMILES string of the molecule is CCOc1ccc(C(=O)Oc2ccc(/C=N\NC(=S)Nc3cccc(Cl)c3)cc2OCC)cc1. The molecule has 3 aromatic rings. The molecule has 3 aromatic carbocycles. The number of halogens is 1. The minimum absolute atomic E-state index is 0.309. The predicted molar refractivity (Wildman–Crippen MR) is 139 cm³/mol. The fourth-order valence-electron chi connectivity index (χ4n) is 2.86. The lowest BCUT2D eigenvalue weighted by atomic mass is 10.2. The zero-order chi connectivity index (χ0) is 24.3. The quantitative estimate of drug-likeness (QED) is 0.129. The van der Waals surface area contributed by atoms with E-state index in [1.807, 2.05) is 26.0 Å². The number of nitrogens with one attached hydrogen (secondary N) is 2. The molecule has 2 N–H and O–H groups in total. The second kappa shape index (κ2) is 12.6. The van der Waals surface area contributed by atoms with Gasteiger partial charge in [-0.15, -0.1) is 0 Å². The lowest BCUT2D eigenvalue weighted by Gasteiger charge is -2.12. The van der Waals surface area contributed by atoms with E-state index < -0.39 is 5.97 Å². The van der Waals surface area contributed by atoms with Crippen molar-refractivity contribution in [2.75, 3.05) is 18.5 Å². The van der Waals surface area contributed by atoms with Gasteiger partial charge in [0.2, 0.25) is 0 Å². The molecule has 0 heterocycles. The number of anilines is 1. The number of carbonyl (C=O) groups excluding carboxylic acids is 1. The van der Waals surface area contributed by atoms with Gasteiger partial charge in [0.15, 0.2) is 16.6 Å². The maximum Gasteiger partial charge on any atom is 0.343 e. The van der Waals surface area contributed by atoms with Crippen LogP contribution < -0.4 is 25.0 Å². The summed E-state index contributed by atoms with van der Waals surface area (Å²) in [6.45, 7) is 4.70. The Hall–Kier alpha value is -3.62. The summed E-state index contributed by atoms with van der Waals surface area (Å²) in [6.07, 6.45) is 1.58. The summed E-state index contributed by atoms with van der Waals surface area (Å²) in [6, 6.07) is 19.1. The highest BCUT2D eigenvalue weighted by molar-refractivity contribution is 7.80. The molecule has 0 aliphatic rings. The topological polar surface area (TPSA) is 81.2 Å². The molecule has 7 nitrogen and oxygen atoms in total.